The van der Waals surface area contributed by atoms with Crippen LogP contribution in [0.1, 0.15) is 96.1 Å². The van der Waals surface area contributed by atoms with Gasteiger partial charge in [-0.05, 0) is 86.8 Å². The van der Waals surface area contributed by atoms with Gasteiger partial charge in [-0.3, -0.25) is 4.79 Å². The Balaban J connectivity index is 1.50. The van der Waals surface area contributed by atoms with Crippen molar-refractivity contribution in [3.63, 3.8) is 0 Å². The van der Waals surface area contributed by atoms with E-state index in [0.29, 0.717) is 24.2 Å². The predicted octanol–water partition coefficient (Wildman–Crippen LogP) is 6.15. The van der Waals surface area contributed by atoms with E-state index >= 15 is 0 Å². The fraction of sp³-hybridized carbons (Fsp3) is 0.719. The van der Waals surface area contributed by atoms with Crippen LogP contribution in [0.4, 0.5) is 0 Å². The van der Waals surface area contributed by atoms with Crippen LogP contribution in [0.15, 0.2) is 30.5 Å². The predicted molar refractivity (Wildman–Crippen MR) is 150 cm³/mol. The van der Waals surface area contributed by atoms with Crippen molar-refractivity contribution in [2.75, 3.05) is 13.2 Å². The second-order valence-corrected chi connectivity index (χ2v) is 11.5. The Morgan fingerprint density at radius 1 is 1.13 bits per heavy atom. The Hall–Kier alpha value is -2.05. The van der Waals surface area contributed by atoms with E-state index in [1.54, 1.807) is 0 Å². The first kappa shape index (κ1) is 30.5. The van der Waals surface area contributed by atoms with Crippen molar-refractivity contribution in [3.05, 3.63) is 41.7 Å². The van der Waals surface area contributed by atoms with Crippen molar-refractivity contribution < 1.29 is 29.2 Å². The van der Waals surface area contributed by atoms with Crippen molar-refractivity contribution >= 4 is 5.97 Å². The zero-order chi connectivity index (χ0) is 27.5. The maximum Gasteiger partial charge on any atom is 0.309 e. The lowest BCUT2D eigenvalue weighted by Crippen LogP contribution is -2.28. The summed E-state index contributed by atoms with van der Waals surface area (Å²) in [6, 6.07) is 6.21. The van der Waals surface area contributed by atoms with Crippen LogP contribution in [0.5, 0.6) is 5.75 Å². The standard InChI is InChI=1S/C32H50O6/c1-5-7-9-12-26(33)14-15-27-28-18-24-11-10-13-31(29(24)19-25(28)20-30(27)34)37-21-23(4)38-22(3)17-32(35)36-16-8-6-2/h10-11,13,22,25-28,30,33-34H,4-9,12,14-21H2,1-3H3/t22?,25-,26-,27+,28-,30+/m0/s1. The van der Waals surface area contributed by atoms with Gasteiger partial charge in [0.2, 0.25) is 0 Å². The van der Waals surface area contributed by atoms with E-state index in [4.69, 9.17) is 14.2 Å². The molecule has 6 heteroatoms. The normalized spacial score (nSPS) is 23.7. The number of unbranched alkanes of at least 4 members (excludes halogenated alkanes) is 3. The van der Waals surface area contributed by atoms with Gasteiger partial charge in [0.05, 0.1) is 25.2 Å². The number of ether oxygens (including phenoxy) is 3. The minimum absolute atomic E-state index is 0.186. The molecule has 2 aliphatic rings. The van der Waals surface area contributed by atoms with Crippen molar-refractivity contribution in [2.24, 2.45) is 17.8 Å². The van der Waals surface area contributed by atoms with Crippen LogP contribution in [0, 0.1) is 17.8 Å². The number of hydrogen-bond donors (Lipinski definition) is 2. The van der Waals surface area contributed by atoms with Crippen LogP contribution >= 0.6 is 0 Å². The summed E-state index contributed by atoms with van der Waals surface area (Å²) in [7, 11) is 0. The zero-order valence-electron chi connectivity index (χ0n) is 23.8. The highest BCUT2D eigenvalue weighted by Gasteiger charge is 2.44. The second-order valence-electron chi connectivity index (χ2n) is 11.5. The van der Waals surface area contributed by atoms with Crippen LogP contribution in [-0.2, 0) is 27.1 Å². The molecule has 6 atom stereocenters. The Kier molecular flexibility index (Phi) is 12.5. The third-order valence-corrected chi connectivity index (χ3v) is 8.29. The third-order valence-electron chi connectivity index (χ3n) is 8.29. The van der Waals surface area contributed by atoms with E-state index in [0.717, 1.165) is 63.5 Å². The number of rotatable bonds is 17. The summed E-state index contributed by atoms with van der Waals surface area (Å²) in [6.45, 7) is 10.7. The zero-order valence-corrected chi connectivity index (χ0v) is 23.8. The van der Waals surface area contributed by atoms with Gasteiger partial charge in [0.1, 0.15) is 24.2 Å². The first-order valence-electron chi connectivity index (χ1n) is 14.9. The maximum atomic E-state index is 11.9. The molecule has 2 aliphatic carbocycles. The topological polar surface area (TPSA) is 85.2 Å². The van der Waals surface area contributed by atoms with Gasteiger partial charge in [0.25, 0.3) is 0 Å². The van der Waals surface area contributed by atoms with E-state index in [2.05, 4.69) is 26.5 Å². The number of aliphatic hydroxyl groups is 2. The van der Waals surface area contributed by atoms with Gasteiger partial charge in [0.15, 0.2) is 0 Å². The average molecular weight is 531 g/mol. The second kappa shape index (κ2) is 15.5. The summed E-state index contributed by atoms with van der Waals surface area (Å²) in [4.78, 5) is 11.9. The fourth-order valence-electron chi connectivity index (χ4n) is 6.24. The quantitative estimate of drug-likeness (QED) is 0.143. The summed E-state index contributed by atoms with van der Waals surface area (Å²) in [5, 5.41) is 21.3. The van der Waals surface area contributed by atoms with Crippen LogP contribution in [-0.4, -0.2) is 47.7 Å². The molecule has 0 saturated heterocycles. The van der Waals surface area contributed by atoms with Crippen molar-refractivity contribution in [1.29, 1.82) is 0 Å². The lowest BCUT2D eigenvalue weighted by Gasteiger charge is -2.32. The van der Waals surface area contributed by atoms with Gasteiger partial charge in [0, 0.05) is 0 Å². The fourth-order valence-corrected chi connectivity index (χ4v) is 6.24. The summed E-state index contributed by atoms with van der Waals surface area (Å²) in [5.74, 6) is 2.21. The van der Waals surface area contributed by atoms with Gasteiger partial charge in [-0.1, -0.05) is 58.2 Å². The number of esters is 1. The molecule has 1 aromatic rings. The van der Waals surface area contributed by atoms with Crippen LogP contribution in [0.25, 0.3) is 0 Å². The highest BCUT2D eigenvalue weighted by Crippen LogP contribution is 2.48. The molecule has 1 aromatic carbocycles. The Labute approximate surface area is 229 Å². The largest absolute Gasteiger partial charge is 0.491 e. The molecule has 3 rings (SSSR count). The molecular formula is C32H50O6. The number of aliphatic hydroxyl groups excluding tert-OH is 2. The minimum atomic E-state index is -0.326. The molecule has 0 spiro atoms. The molecule has 0 amide bonds. The van der Waals surface area contributed by atoms with Crippen LogP contribution in [0.2, 0.25) is 0 Å². The van der Waals surface area contributed by atoms with Gasteiger partial charge in [-0.2, -0.15) is 0 Å². The molecule has 2 N–H and O–H groups in total. The molecule has 1 saturated carbocycles. The highest BCUT2D eigenvalue weighted by atomic mass is 16.5. The van der Waals surface area contributed by atoms with Gasteiger partial charge >= 0.3 is 5.97 Å². The van der Waals surface area contributed by atoms with Crippen molar-refractivity contribution in [2.45, 2.75) is 116 Å². The van der Waals surface area contributed by atoms with Crippen LogP contribution < -0.4 is 4.74 Å². The molecule has 0 aromatic heterocycles. The van der Waals surface area contributed by atoms with E-state index in [1.165, 1.54) is 24.0 Å². The molecular weight excluding hydrogens is 480 g/mol. The van der Waals surface area contributed by atoms with E-state index < -0.39 is 0 Å². The van der Waals surface area contributed by atoms with E-state index in [-0.39, 0.29) is 43.2 Å². The van der Waals surface area contributed by atoms with Gasteiger partial charge in [-0.15, -0.1) is 0 Å². The number of carbonyl (C=O) groups is 1. The van der Waals surface area contributed by atoms with E-state index in [9.17, 15) is 15.0 Å². The first-order chi connectivity index (χ1) is 18.3. The molecule has 0 aliphatic heterocycles. The molecule has 1 fully saturated rings. The molecule has 214 valence electrons. The lowest BCUT2D eigenvalue weighted by molar-refractivity contribution is -0.146. The highest BCUT2D eigenvalue weighted by molar-refractivity contribution is 5.69. The summed E-state index contributed by atoms with van der Waals surface area (Å²) < 4.78 is 17.1. The Morgan fingerprint density at radius 2 is 1.92 bits per heavy atom. The van der Waals surface area contributed by atoms with Crippen molar-refractivity contribution in [1.82, 2.24) is 0 Å². The maximum absolute atomic E-state index is 11.9. The summed E-state index contributed by atoms with van der Waals surface area (Å²) in [5.41, 5.74) is 2.52. The Morgan fingerprint density at radius 3 is 2.68 bits per heavy atom. The Bertz CT molecular complexity index is 883. The molecule has 1 unspecified atom stereocenters. The molecule has 6 nitrogen and oxygen atoms in total. The molecule has 0 heterocycles. The van der Waals surface area contributed by atoms with Crippen molar-refractivity contribution in [3.8, 4) is 5.75 Å². The molecule has 0 bridgehead atoms. The van der Waals surface area contributed by atoms with Gasteiger partial charge in [-0.25, -0.2) is 0 Å². The third kappa shape index (κ3) is 9.01. The monoisotopic (exact) mass is 530 g/mol. The van der Waals surface area contributed by atoms with Gasteiger partial charge < -0.3 is 24.4 Å². The minimum Gasteiger partial charge on any atom is -0.491 e. The number of hydrogen-bond acceptors (Lipinski definition) is 6. The number of carbonyl (C=O) groups excluding carboxylic acids is 1. The van der Waals surface area contributed by atoms with Crippen LogP contribution in [0.3, 0.4) is 0 Å². The summed E-state index contributed by atoms with van der Waals surface area (Å²) >= 11 is 0. The number of benzene rings is 1. The molecule has 38 heavy (non-hydrogen) atoms. The average Bonchev–Trinajstić information content (AvgIpc) is 3.18. The molecule has 0 radical (unpaired) electrons. The smallest absolute Gasteiger partial charge is 0.309 e. The van der Waals surface area contributed by atoms with E-state index in [1.807, 2.05) is 19.1 Å². The lowest BCUT2D eigenvalue weighted by atomic mass is 9.73. The summed E-state index contributed by atoms with van der Waals surface area (Å²) in [6.07, 6.45) is 9.77. The first-order valence-corrected chi connectivity index (χ1v) is 14.9. The SMILES string of the molecule is C=C(COc1cccc2c1C[C@H]1C[C@@H](O)[C@H](CC[C@@H](O)CCCCC)[C@H]1C2)OC(C)CC(=O)OCCCC. The number of fused-ring (bicyclic) bond motifs is 2.